The average Bonchev–Trinajstić information content (AvgIpc) is 2.68. The van der Waals surface area contributed by atoms with E-state index in [2.05, 4.69) is 10.6 Å². The van der Waals surface area contributed by atoms with Gasteiger partial charge in [0.25, 0.3) is 0 Å². The fourth-order valence-electron chi connectivity index (χ4n) is 2.75. The second-order valence-corrected chi connectivity index (χ2v) is 8.13. The van der Waals surface area contributed by atoms with Crippen LogP contribution >= 0.6 is 0 Å². The first-order chi connectivity index (χ1) is 12.9. The Morgan fingerprint density at radius 3 is 2.15 bits per heavy atom. The van der Waals surface area contributed by atoms with Gasteiger partial charge in [0, 0.05) is 19.6 Å². The van der Waals surface area contributed by atoms with Crippen LogP contribution in [-0.2, 0) is 16.6 Å². The second kappa shape index (κ2) is 9.53. The van der Waals surface area contributed by atoms with Gasteiger partial charge in [-0.2, -0.15) is 4.31 Å². The highest BCUT2D eigenvalue weighted by Gasteiger charge is 2.21. The Balaban J connectivity index is 1.92. The Morgan fingerprint density at radius 2 is 1.59 bits per heavy atom. The zero-order chi connectivity index (χ0) is 19.9. The summed E-state index contributed by atoms with van der Waals surface area (Å²) < 4.78 is 26.4. The van der Waals surface area contributed by atoms with E-state index in [4.69, 9.17) is 0 Å². The molecule has 7 heteroatoms. The molecule has 2 rings (SSSR count). The first kappa shape index (κ1) is 20.9. The Bertz CT molecular complexity index is 833. The van der Waals surface area contributed by atoms with Gasteiger partial charge in [-0.25, -0.2) is 13.2 Å². The van der Waals surface area contributed by atoms with Crippen LogP contribution in [0.2, 0.25) is 0 Å². The van der Waals surface area contributed by atoms with Gasteiger partial charge in [-0.05, 0) is 30.2 Å². The molecule has 0 heterocycles. The molecular weight excluding hydrogens is 362 g/mol. The van der Waals surface area contributed by atoms with Gasteiger partial charge < -0.3 is 10.6 Å². The van der Waals surface area contributed by atoms with Crippen molar-refractivity contribution in [1.29, 1.82) is 0 Å². The van der Waals surface area contributed by atoms with Crippen LogP contribution in [0.5, 0.6) is 0 Å². The maximum atomic E-state index is 12.5. The Kier molecular flexibility index (Phi) is 7.38. The number of urea groups is 1. The second-order valence-electron chi connectivity index (χ2n) is 6.19. The van der Waals surface area contributed by atoms with Crippen molar-refractivity contribution in [3.8, 4) is 0 Å². The van der Waals surface area contributed by atoms with Crippen molar-refractivity contribution in [2.75, 3.05) is 13.1 Å². The van der Waals surface area contributed by atoms with Gasteiger partial charge in [-0.3, -0.25) is 0 Å². The van der Waals surface area contributed by atoms with Crippen molar-refractivity contribution in [3.05, 3.63) is 65.7 Å². The molecule has 0 aliphatic rings. The van der Waals surface area contributed by atoms with E-state index in [-0.39, 0.29) is 17.0 Å². The predicted molar refractivity (Wildman–Crippen MR) is 107 cm³/mol. The van der Waals surface area contributed by atoms with E-state index in [0.717, 1.165) is 11.1 Å². The highest BCUT2D eigenvalue weighted by atomic mass is 32.2. The van der Waals surface area contributed by atoms with Gasteiger partial charge in [0.15, 0.2) is 0 Å². The van der Waals surface area contributed by atoms with Gasteiger partial charge in [-0.15, -0.1) is 0 Å². The molecule has 6 nitrogen and oxygen atoms in total. The third-order valence-corrected chi connectivity index (χ3v) is 6.43. The number of rotatable bonds is 8. The normalized spacial score (nSPS) is 12.6. The van der Waals surface area contributed by atoms with E-state index in [9.17, 15) is 13.2 Å². The summed E-state index contributed by atoms with van der Waals surface area (Å²) in [6.07, 6.45) is 0. The summed E-state index contributed by atoms with van der Waals surface area (Å²) >= 11 is 0. The van der Waals surface area contributed by atoms with Crippen molar-refractivity contribution in [1.82, 2.24) is 14.9 Å². The summed E-state index contributed by atoms with van der Waals surface area (Å²) in [4.78, 5) is 12.3. The molecule has 0 radical (unpaired) electrons. The molecule has 2 aromatic rings. The lowest BCUT2D eigenvalue weighted by atomic mass is 10.1. The Morgan fingerprint density at radius 1 is 1.00 bits per heavy atom. The van der Waals surface area contributed by atoms with Crippen LogP contribution in [0.25, 0.3) is 0 Å². The minimum Gasteiger partial charge on any atom is -0.334 e. The standard InChI is InChI=1S/C20H27N3O3S/c1-4-23(5-2)27(25,26)19-13-11-17(12-14-19)15-21-20(24)22-16(3)18-9-7-6-8-10-18/h6-14,16H,4-5,15H2,1-3H3,(H2,21,22,24). The van der Waals surface area contributed by atoms with Crippen molar-refractivity contribution >= 4 is 16.1 Å². The highest BCUT2D eigenvalue weighted by molar-refractivity contribution is 7.89. The van der Waals surface area contributed by atoms with Crippen molar-refractivity contribution < 1.29 is 13.2 Å². The molecule has 2 amide bonds. The monoisotopic (exact) mass is 389 g/mol. The summed E-state index contributed by atoms with van der Waals surface area (Å²) in [7, 11) is -3.46. The molecule has 0 aliphatic heterocycles. The summed E-state index contributed by atoms with van der Waals surface area (Å²) in [5, 5.41) is 5.67. The fraction of sp³-hybridized carbons (Fsp3) is 0.350. The zero-order valence-corrected chi connectivity index (χ0v) is 16.8. The summed E-state index contributed by atoms with van der Waals surface area (Å²) in [5.74, 6) is 0. The maximum Gasteiger partial charge on any atom is 0.315 e. The number of nitrogens with one attached hydrogen (secondary N) is 2. The molecule has 1 atom stereocenters. The minimum absolute atomic E-state index is 0.104. The molecule has 0 saturated heterocycles. The van der Waals surface area contributed by atoms with E-state index in [0.29, 0.717) is 19.6 Å². The van der Waals surface area contributed by atoms with E-state index in [1.54, 1.807) is 24.3 Å². The summed E-state index contributed by atoms with van der Waals surface area (Å²) in [6, 6.07) is 15.9. The first-order valence-corrected chi connectivity index (χ1v) is 10.5. The molecule has 0 bridgehead atoms. The lowest BCUT2D eigenvalue weighted by molar-refractivity contribution is 0.237. The number of carbonyl (C=O) groups is 1. The zero-order valence-electron chi connectivity index (χ0n) is 16.0. The number of carbonyl (C=O) groups excluding carboxylic acids is 1. The topological polar surface area (TPSA) is 78.5 Å². The van der Waals surface area contributed by atoms with Crippen molar-refractivity contribution in [2.45, 2.75) is 38.3 Å². The number of amides is 2. The van der Waals surface area contributed by atoms with Crippen molar-refractivity contribution in [3.63, 3.8) is 0 Å². The summed E-state index contributed by atoms with van der Waals surface area (Å²) in [5.41, 5.74) is 1.86. The lowest BCUT2D eigenvalue weighted by Gasteiger charge is -2.18. The number of nitrogens with zero attached hydrogens (tertiary/aromatic N) is 1. The van der Waals surface area contributed by atoms with Crippen LogP contribution in [0.4, 0.5) is 4.79 Å². The third kappa shape index (κ3) is 5.55. The first-order valence-electron chi connectivity index (χ1n) is 9.06. The van der Waals surface area contributed by atoms with Crippen LogP contribution in [0.15, 0.2) is 59.5 Å². The van der Waals surface area contributed by atoms with Crippen LogP contribution in [0.1, 0.15) is 37.9 Å². The predicted octanol–water partition coefficient (Wildman–Crippen LogP) is 3.28. The van der Waals surface area contributed by atoms with E-state index in [1.165, 1.54) is 4.31 Å². The van der Waals surface area contributed by atoms with Gasteiger partial charge in [-0.1, -0.05) is 56.3 Å². The van der Waals surface area contributed by atoms with Gasteiger partial charge in [0.1, 0.15) is 0 Å². The largest absolute Gasteiger partial charge is 0.334 e. The number of benzene rings is 2. The van der Waals surface area contributed by atoms with Crippen molar-refractivity contribution in [2.24, 2.45) is 0 Å². The SMILES string of the molecule is CCN(CC)S(=O)(=O)c1ccc(CNC(=O)NC(C)c2ccccc2)cc1. The van der Waals surface area contributed by atoms with E-state index < -0.39 is 10.0 Å². The minimum atomic E-state index is -3.46. The third-order valence-electron chi connectivity index (χ3n) is 4.37. The molecule has 1 unspecified atom stereocenters. The number of hydrogen-bond acceptors (Lipinski definition) is 3. The molecule has 0 spiro atoms. The quantitative estimate of drug-likeness (QED) is 0.727. The molecule has 0 aromatic heterocycles. The molecule has 0 saturated carbocycles. The maximum absolute atomic E-state index is 12.5. The van der Waals surface area contributed by atoms with Crippen LogP contribution in [0, 0.1) is 0 Å². The molecular formula is C20H27N3O3S. The van der Waals surface area contributed by atoms with Gasteiger partial charge >= 0.3 is 6.03 Å². The molecule has 0 fully saturated rings. The number of sulfonamides is 1. The molecule has 146 valence electrons. The smallest absolute Gasteiger partial charge is 0.315 e. The molecule has 0 aliphatic carbocycles. The van der Waals surface area contributed by atoms with Crippen LogP contribution < -0.4 is 10.6 Å². The molecule has 27 heavy (non-hydrogen) atoms. The lowest BCUT2D eigenvalue weighted by Crippen LogP contribution is -2.36. The van der Waals surface area contributed by atoms with E-state index in [1.807, 2.05) is 51.1 Å². The van der Waals surface area contributed by atoms with E-state index >= 15 is 0 Å². The fourth-order valence-corrected chi connectivity index (χ4v) is 4.20. The summed E-state index contributed by atoms with van der Waals surface area (Å²) in [6.45, 7) is 6.73. The Labute approximate surface area is 161 Å². The molecule has 2 aromatic carbocycles. The number of hydrogen-bond donors (Lipinski definition) is 2. The highest BCUT2D eigenvalue weighted by Crippen LogP contribution is 2.16. The van der Waals surface area contributed by atoms with Gasteiger partial charge in [0.2, 0.25) is 10.0 Å². The Hall–Kier alpha value is -2.38. The van der Waals surface area contributed by atoms with Crippen LogP contribution in [0.3, 0.4) is 0 Å². The average molecular weight is 390 g/mol. The molecule has 2 N–H and O–H groups in total. The van der Waals surface area contributed by atoms with Gasteiger partial charge in [0.05, 0.1) is 10.9 Å². The van der Waals surface area contributed by atoms with Crippen LogP contribution in [-0.4, -0.2) is 31.8 Å².